The zero-order valence-corrected chi connectivity index (χ0v) is 12.9. The van der Waals surface area contributed by atoms with E-state index in [1.807, 2.05) is 6.92 Å². The topological polar surface area (TPSA) is 52.0 Å². The van der Waals surface area contributed by atoms with Crippen LogP contribution in [0.2, 0.25) is 0 Å². The van der Waals surface area contributed by atoms with Gasteiger partial charge in [-0.1, -0.05) is 0 Å². The SMILES string of the molecule is Cc1cc2c(=O)n(CC(=O)c3ccc(F)cc3)c(C)nc2s1. The van der Waals surface area contributed by atoms with Gasteiger partial charge in [0.1, 0.15) is 16.5 Å². The van der Waals surface area contributed by atoms with E-state index < -0.39 is 5.82 Å². The Labute approximate surface area is 129 Å². The maximum atomic E-state index is 12.9. The lowest BCUT2D eigenvalue weighted by atomic mass is 10.1. The van der Waals surface area contributed by atoms with Gasteiger partial charge in [-0.3, -0.25) is 14.2 Å². The molecule has 0 N–H and O–H groups in total. The van der Waals surface area contributed by atoms with Crippen LogP contribution >= 0.6 is 11.3 Å². The summed E-state index contributed by atoms with van der Waals surface area (Å²) in [7, 11) is 0. The minimum atomic E-state index is -0.401. The molecule has 6 heteroatoms. The Bertz CT molecular complexity index is 926. The molecule has 1 aromatic carbocycles. The molecule has 0 amide bonds. The van der Waals surface area contributed by atoms with Crippen LogP contribution in [0.15, 0.2) is 35.1 Å². The van der Waals surface area contributed by atoms with Crippen LogP contribution in [0.5, 0.6) is 0 Å². The van der Waals surface area contributed by atoms with E-state index in [0.29, 0.717) is 21.6 Å². The summed E-state index contributed by atoms with van der Waals surface area (Å²) in [6.45, 7) is 3.51. The van der Waals surface area contributed by atoms with Crippen molar-refractivity contribution in [2.45, 2.75) is 20.4 Å². The number of aromatic nitrogens is 2. The van der Waals surface area contributed by atoms with Crippen molar-refractivity contribution < 1.29 is 9.18 Å². The molecule has 0 radical (unpaired) electrons. The first-order chi connectivity index (χ1) is 10.5. The highest BCUT2D eigenvalue weighted by Crippen LogP contribution is 2.20. The lowest BCUT2D eigenvalue weighted by Gasteiger charge is -2.08. The molecule has 0 saturated heterocycles. The van der Waals surface area contributed by atoms with Crippen molar-refractivity contribution in [2.24, 2.45) is 0 Å². The normalized spacial score (nSPS) is 11.0. The first kappa shape index (κ1) is 14.6. The molecule has 0 spiro atoms. The van der Waals surface area contributed by atoms with Gasteiger partial charge in [0.2, 0.25) is 0 Å². The van der Waals surface area contributed by atoms with Gasteiger partial charge in [-0.25, -0.2) is 9.37 Å². The molecule has 3 rings (SSSR count). The van der Waals surface area contributed by atoms with Gasteiger partial charge >= 0.3 is 0 Å². The number of benzene rings is 1. The van der Waals surface area contributed by atoms with E-state index in [2.05, 4.69) is 4.98 Å². The Hall–Kier alpha value is -2.34. The van der Waals surface area contributed by atoms with Gasteiger partial charge < -0.3 is 0 Å². The predicted molar refractivity (Wildman–Crippen MR) is 84.1 cm³/mol. The molecule has 4 nitrogen and oxygen atoms in total. The summed E-state index contributed by atoms with van der Waals surface area (Å²) in [6.07, 6.45) is 0. The van der Waals surface area contributed by atoms with Crippen molar-refractivity contribution in [3.05, 3.63) is 62.8 Å². The number of carbonyl (C=O) groups is 1. The monoisotopic (exact) mass is 316 g/mol. The number of rotatable bonds is 3. The molecule has 22 heavy (non-hydrogen) atoms. The summed E-state index contributed by atoms with van der Waals surface area (Å²) >= 11 is 1.45. The predicted octanol–water partition coefficient (Wildman–Crippen LogP) is 3.10. The highest BCUT2D eigenvalue weighted by molar-refractivity contribution is 7.18. The number of ketones is 1. The average Bonchev–Trinajstić information content (AvgIpc) is 2.84. The third-order valence-electron chi connectivity index (χ3n) is 3.43. The van der Waals surface area contributed by atoms with Crippen molar-refractivity contribution in [1.29, 1.82) is 0 Å². The van der Waals surface area contributed by atoms with Crippen molar-refractivity contribution in [1.82, 2.24) is 9.55 Å². The third kappa shape index (κ3) is 2.57. The molecule has 2 heterocycles. The Morgan fingerprint density at radius 1 is 1.27 bits per heavy atom. The van der Waals surface area contributed by atoms with Crippen LogP contribution in [0.1, 0.15) is 21.1 Å². The zero-order valence-electron chi connectivity index (χ0n) is 12.1. The number of aryl methyl sites for hydroxylation is 2. The van der Waals surface area contributed by atoms with Crippen LogP contribution in [-0.2, 0) is 6.54 Å². The number of Topliss-reactive ketones (excluding diaryl/α,β-unsaturated/α-hetero) is 1. The van der Waals surface area contributed by atoms with Crippen LogP contribution < -0.4 is 5.56 Å². The number of halogens is 1. The Balaban J connectivity index is 2.01. The van der Waals surface area contributed by atoms with Gasteiger partial charge in [-0.05, 0) is 44.2 Å². The number of fused-ring (bicyclic) bond motifs is 1. The molecule has 112 valence electrons. The van der Waals surface area contributed by atoms with Crippen molar-refractivity contribution in [3.8, 4) is 0 Å². The molecular formula is C16H13FN2O2S. The standard InChI is InChI=1S/C16H13FN2O2S/c1-9-7-13-15(22-9)18-10(2)19(16(13)21)8-14(20)11-3-5-12(17)6-4-11/h3-7H,8H2,1-2H3. The largest absolute Gasteiger partial charge is 0.292 e. The fourth-order valence-electron chi connectivity index (χ4n) is 2.29. The van der Waals surface area contributed by atoms with Gasteiger partial charge in [0.15, 0.2) is 5.78 Å². The summed E-state index contributed by atoms with van der Waals surface area (Å²) < 4.78 is 14.3. The molecular weight excluding hydrogens is 303 g/mol. The van der Waals surface area contributed by atoms with Gasteiger partial charge in [-0.15, -0.1) is 11.3 Å². The maximum Gasteiger partial charge on any atom is 0.262 e. The second kappa shape index (κ2) is 5.46. The van der Waals surface area contributed by atoms with E-state index in [1.165, 1.54) is 40.2 Å². The lowest BCUT2D eigenvalue weighted by Crippen LogP contribution is -2.27. The zero-order chi connectivity index (χ0) is 15.9. The molecule has 0 bridgehead atoms. The van der Waals surface area contributed by atoms with E-state index in [9.17, 15) is 14.0 Å². The maximum absolute atomic E-state index is 12.9. The number of hydrogen-bond acceptors (Lipinski definition) is 4. The number of nitrogens with zero attached hydrogens (tertiary/aromatic N) is 2. The highest BCUT2D eigenvalue weighted by atomic mass is 32.1. The Kier molecular flexibility index (Phi) is 3.62. The minimum absolute atomic E-state index is 0.103. The molecule has 0 aliphatic carbocycles. The van der Waals surface area contributed by atoms with E-state index in [1.54, 1.807) is 13.0 Å². The molecule has 0 saturated carbocycles. The van der Waals surface area contributed by atoms with Crippen LogP contribution in [0, 0.1) is 19.7 Å². The first-order valence-electron chi connectivity index (χ1n) is 6.72. The quantitative estimate of drug-likeness (QED) is 0.698. The molecule has 3 aromatic rings. The molecule has 0 unspecified atom stereocenters. The van der Waals surface area contributed by atoms with Gasteiger partial charge in [0.25, 0.3) is 5.56 Å². The highest BCUT2D eigenvalue weighted by Gasteiger charge is 2.14. The van der Waals surface area contributed by atoms with Crippen molar-refractivity contribution >= 4 is 27.3 Å². The van der Waals surface area contributed by atoms with E-state index in [0.717, 1.165) is 4.88 Å². The van der Waals surface area contributed by atoms with Crippen molar-refractivity contribution in [2.75, 3.05) is 0 Å². The third-order valence-corrected chi connectivity index (χ3v) is 4.38. The van der Waals surface area contributed by atoms with E-state index in [-0.39, 0.29) is 17.9 Å². The minimum Gasteiger partial charge on any atom is -0.292 e. The molecule has 0 atom stereocenters. The van der Waals surface area contributed by atoms with Crippen molar-refractivity contribution in [3.63, 3.8) is 0 Å². The fraction of sp³-hybridized carbons (Fsp3) is 0.188. The smallest absolute Gasteiger partial charge is 0.262 e. The second-order valence-electron chi connectivity index (χ2n) is 5.06. The number of carbonyl (C=O) groups excluding carboxylic acids is 1. The molecule has 0 fully saturated rings. The number of thiophene rings is 1. The fourth-order valence-corrected chi connectivity index (χ4v) is 3.21. The molecule has 0 aliphatic heterocycles. The summed E-state index contributed by atoms with van der Waals surface area (Å²) in [4.78, 5) is 30.8. The molecule has 2 aromatic heterocycles. The lowest BCUT2D eigenvalue weighted by molar-refractivity contribution is 0.0969. The average molecular weight is 316 g/mol. The molecule has 0 aliphatic rings. The number of hydrogen-bond donors (Lipinski definition) is 0. The van der Waals surface area contributed by atoms with Crippen LogP contribution in [-0.4, -0.2) is 15.3 Å². The van der Waals surface area contributed by atoms with Crippen LogP contribution in [0.3, 0.4) is 0 Å². The van der Waals surface area contributed by atoms with Gasteiger partial charge in [-0.2, -0.15) is 0 Å². The summed E-state index contributed by atoms with van der Waals surface area (Å²) in [5, 5.41) is 0.528. The Morgan fingerprint density at radius 2 is 1.95 bits per heavy atom. The van der Waals surface area contributed by atoms with E-state index in [4.69, 9.17) is 0 Å². The van der Waals surface area contributed by atoms with Crippen LogP contribution in [0.4, 0.5) is 4.39 Å². The summed E-state index contributed by atoms with van der Waals surface area (Å²) in [5.41, 5.74) is 0.150. The van der Waals surface area contributed by atoms with Gasteiger partial charge in [0, 0.05) is 10.4 Å². The van der Waals surface area contributed by atoms with E-state index >= 15 is 0 Å². The summed E-state index contributed by atoms with van der Waals surface area (Å²) in [6, 6.07) is 7.07. The second-order valence-corrected chi connectivity index (χ2v) is 6.29. The van der Waals surface area contributed by atoms with Gasteiger partial charge in [0.05, 0.1) is 11.9 Å². The summed E-state index contributed by atoms with van der Waals surface area (Å²) in [5.74, 6) is -0.158. The first-order valence-corrected chi connectivity index (χ1v) is 7.53. The Morgan fingerprint density at radius 3 is 2.64 bits per heavy atom. The van der Waals surface area contributed by atoms with Crippen LogP contribution in [0.25, 0.3) is 10.2 Å².